The lowest BCUT2D eigenvalue weighted by Crippen LogP contribution is -2.23. The van der Waals surface area contributed by atoms with Gasteiger partial charge < -0.3 is 9.84 Å². The molecule has 3 aromatic rings. The number of benzene rings is 2. The molecule has 0 aliphatic rings. The third-order valence-electron chi connectivity index (χ3n) is 3.67. The topological polar surface area (TPSA) is 68.0 Å². The van der Waals surface area contributed by atoms with Crippen molar-refractivity contribution in [2.24, 2.45) is 0 Å². The van der Waals surface area contributed by atoms with Crippen molar-refractivity contribution in [3.63, 3.8) is 0 Å². The number of carbonyl (C=O) groups is 1. The molecule has 5 nitrogen and oxygen atoms in total. The van der Waals surface area contributed by atoms with Crippen LogP contribution < -0.4 is 5.32 Å². The Balaban J connectivity index is 1.66. The van der Waals surface area contributed by atoms with Gasteiger partial charge in [-0.05, 0) is 19.1 Å². The molecule has 1 amide bonds. The molecule has 6 heteroatoms. The van der Waals surface area contributed by atoms with Crippen molar-refractivity contribution in [1.82, 2.24) is 15.5 Å². The van der Waals surface area contributed by atoms with E-state index in [4.69, 9.17) is 4.52 Å². The van der Waals surface area contributed by atoms with Crippen molar-refractivity contribution in [2.45, 2.75) is 37.5 Å². The summed E-state index contributed by atoms with van der Waals surface area (Å²) in [6.07, 6.45) is 0. The van der Waals surface area contributed by atoms with Crippen molar-refractivity contribution < 1.29 is 9.32 Å². The number of hydrogen-bond donors (Lipinski definition) is 1. The lowest BCUT2D eigenvalue weighted by molar-refractivity contribution is 0.0943. The molecule has 0 unspecified atom stereocenters. The Kier molecular flexibility index (Phi) is 5.73. The fraction of sp³-hybridized carbons (Fsp3) is 0.250. The van der Waals surface area contributed by atoms with Gasteiger partial charge in [0.2, 0.25) is 11.7 Å². The van der Waals surface area contributed by atoms with Crippen LogP contribution in [-0.2, 0) is 6.54 Å². The molecule has 0 aliphatic heterocycles. The number of aryl methyl sites for hydroxylation is 1. The second-order valence-corrected chi connectivity index (χ2v) is 7.84. The van der Waals surface area contributed by atoms with Gasteiger partial charge in [-0.15, -0.1) is 11.8 Å². The van der Waals surface area contributed by atoms with Crippen molar-refractivity contribution in [2.75, 3.05) is 0 Å². The van der Waals surface area contributed by atoms with Crippen molar-refractivity contribution >= 4 is 17.7 Å². The monoisotopic (exact) mass is 367 g/mol. The van der Waals surface area contributed by atoms with Crippen LogP contribution in [0.25, 0.3) is 11.4 Å². The Morgan fingerprint density at radius 3 is 2.62 bits per heavy atom. The van der Waals surface area contributed by atoms with Crippen LogP contribution in [-0.4, -0.2) is 21.3 Å². The molecule has 0 saturated heterocycles. The average molecular weight is 367 g/mol. The summed E-state index contributed by atoms with van der Waals surface area (Å²) >= 11 is 1.67. The Bertz CT molecular complexity index is 888. The molecule has 1 N–H and O–H groups in total. The van der Waals surface area contributed by atoms with Crippen molar-refractivity contribution in [3.8, 4) is 11.4 Å². The quantitative estimate of drug-likeness (QED) is 0.651. The van der Waals surface area contributed by atoms with Gasteiger partial charge in [-0.3, -0.25) is 4.79 Å². The van der Waals surface area contributed by atoms with Crippen LogP contribution in [0.5, 0.6) is 0 Å². The van der Waals surface area contributed by atoms with Gasteiger partial charge in [-0.2, -0.15) is 4.98 Å². The molecule has 0 radical (unpaired) electrons. The normalized spacial score (nSPS) is 10.9. The number of carbonyl (C=O) groups excluding carboxylic acids is 1. The maximum absolute atomic E-state index is 12.5. The lowest BCUT2D eigenvalue weighted by Gasteiger charge is -2.10. The number of aromatic nitrogens is 2. The van der Waals surface area contributed by atoms with E-state index in [-0.39, 0.29) is 12.5 Å². The van der Waals surface area contributed by atoms with E-state index < -0.39 is 0 Å². The van der Waals surface area contributed by atoms with Crippen LogP contribution in [0.2, 0.25) is 0 Å². The highest BCUT2D eigenvalue weighted by atomic mass is 32.2. The van der Waals surface area contributed by atoms with Gasteiger partial charge in [0.15, 0.2) is 0 Å². The molecule has 2 aromatic carbocycles. The molecule has 0 fully saturated rings. The minimum atomic E-state index is -0.149. The van der Waals surface area contributed by atoms with E-state index >= 15 is 0 Å². The number of amides is 1. The first kappa shape index (κ1) is 18.2. The summed E-state index contributed by atoms with van der Waals surface area (Å²) in [5.74, 6) is 0.747. The molecule has 0 saturated carbocycles. The largest absolute Gasteiger partial charge is 0.343 e. The summed E-state index contributed by atoms with van der Waals surface area (Å²) in [6.45, 7) is 6.42. The zero-order valence-corrected chi connectivity index (χ0v) is 15.8. The summed E-state index contributed by atoms with van der Waals surface area (Å²) in [5, 5.41) is 7.24. The summed E-state index contributed by atoms with van der Waals surface area (Å²) in [4.78, 5) is 17.8. The molecule has 0 spiro atoms. The fourth-order valence-corrected chi connectivity index (χ4v) is 3.36. The Morgan fingerprint density at radius 1 is 1.15 bits per heavy atom. The van der Waals surface area contributed by atoms with Crippen LogP contribution in [0.3, 0.4) is 0 Å². The van der Waals surface area contributed by atoms with Gasteiger partial charge in [-0.1, -0.05) is 61.0 Å². The van der Waals surface area contributed by atoms with E-state index in [1.165, 1.54) is 5.56 Å². The van der Waals surface area contributed by atoms with Gasteiger partial charge in [0.1, 0.15) is 0 Å². The molecule has 134 valence electrons. The van der Waals surface area contributed by atoms with Crippen molar-refractivity contribution in [3.05, 3.63) is 65.5 Å². The van der Waals surface area contributed by atoms with E-state index in [9.17, 15) is 4.79 Å². The molecule has 3 rings (SSSR count). The van der Waals surface area contributed by atoms with Gasteiger partial charge in [0.05, 0.1) is 12.1 Å². The number of rotatable bonds is 6. The van der Waals surface area contributed by atoms with E-state index in [0.717, 1.165) is 10.5 Å². The van der Waals surface area contributed by atoms with Crippen LogP contribution >= 0.6 is 11.8 Å². The number of thioether (sulfide) groups is 1. The van der Waals surface area contributed by atoms with Gasteiger partial charge in [0, 0.05) is 15.7 Å². The van der Waals surface area contributed by atoms with E-state index in [1.807, 2.05) is 55.5 Å². The molecule has 1 heterocycles. The third kappa shape index (κ3) is 4.52. The highest BCUT2D eigenvalue weighted by molar-refractivity contribution is 8.00. The number of hydrogen-bond acceptors (Lipinski definition) is 5. The van der Waals surface area contributed by atoms with Crippen molar-refractivity contribution in [1.29, 1.82) is 0 Å². The molecule has 0 atom stereocenters. The van der Waals surface area contributed by atoms with Gasteiger partial charge in [-0.25, -0.2) is 0 Å². The van der Waals surface area contributed by atoms with Crippen LogP contribution in [0.15, 0.2) is 57.9 Å². The highest BCUT2D eigenvalue weighted by Gasteiger charge is 2.14. The maximum Gasteiger partial charge on any atom is 0.252 e. The summed E-state index contributed by atoms with van der Waals surface area (Å²) in [6, 6.07) is 15.5. The molecular weight excluding hydrogens is 346 g/mol. The zero-order chi connectivity index (χ0) is 18.5. The minimum Gasteiger partial charge on any atom is -0.343 e. The van der Waals surface area contributed by atoms with E-state index in [2.05, 4.69) is 29.3 Å². The van der Waals surface area contributed by atoms with Crippen LogP contribution in [0.1, 0.15) is 35.7 Å². The summed E-state index contributed by atoms with van der Waals surface area (Å²) in [5.41, 5.74) is 2.71. The fourth-order valence-electron chi connectivity index (χ4n) is 2.41. The highest BCUT2D eigenvalue weighted by Crippen LogP contribution is 2.26. The molecule has 26 heavy (non-hydrogen) atoms. The SMILES string of the molecule is Cc1ccc(-c2noc(CNC(=O)c3ccccc3SC(C)C)n2)cc1. The maximum atomic E-state index is 12.5. The Labute approximate surface area is 157 Å². The van der Waals surface area contributed by atoms with E-state index in [1.54, 1.807) is 11.8 Å². The Morgan fingerprint density at radius 2 is 1.88 bits per heavy atom. The second kappa shape index (κ2) is 8.19. The number of nitrogens with zero attached hydrogens (tertiary/aromatic N) is 2. The molecule has 0 aliphatic carbocycles. The first-order valence-electron chi connectivity index (χ1n) is 8.46. The second-order valence-electron chi connectivity index (χ2n) is 6.22. The average Bonchev–Trinajstić information content (AvgIpc) is 3.09. The van der Waals surface area contributed by atoms with Gasteiger partial charge in [0.25, 0.3) is 5.91 Å². The van der Waals surface area contributed by atoms with Crippen LogP contribution in [0, 0.1) is 6.92 Å². The minimum absolute atomic E-state index is 0.149. The molecule has 0 bridgehead atoms. The number of nitrogens with one attached hydrogen (secondary N) is 1. The molecule has 1 aromatic heterocycles. The smallest absolute Gasteiger partial charge is 0.252 e. The molecular formula is C20H21N3O2S. The lowest BCUT2D eigenvalue weighted by atomic mass is 10.1. The van der Waals surface area contributed by atoms with Crippen LogP contribution in [0.4, 0.5) is 0 Å². The summed E-state index contributed by atoms with van der Waals surface area (Å²) in [7, 11) is 0. The standard InChI is InChI=1S/C20H21N3O2S/c1-13(2)26-17-7-5-4-6-16(17)20(24)21-12-18-22-19(23-25-18)15-10-8-14(3)9-11-15/h4-11,13H,12H2,1-3H3,(H,21,24). The first-order valence-corrected chi connectivity index (χ1v) is 9.34. The summed E-state index contributed by atoms with van der Waals surface area (Å²) < 4.78 is 5.25. The first-order chi connectivity index (χ1) is 12.5. The van der Waals surface area contributed by atoms with E-state index in [0.29, 0.717) is 22.5 Å². The third-order valence-corrected chi connectivity index (χ3v) is 4.75. The Hall–Kier alpha value is -2.60. The zero-order valence-electron chi connectivity index (χ0n) is 15.0. The predicted octanol–water partition coefficient (Wildman–Crippen LogP) is 4.48. The predicted molar refractivity (Wildman–Crippen MR) is 103 cm³/mol. The van der Waals surface area contributed by atoms with Gasteiger partial charge >= 0.3 is 0 Å².